The molecule has 0 saturated carbocycles. The van der Waals surface area contributed by atoms with E-state index in [0.717, 1.165) is 37.7 Å². The van der Waals surface area contributed by atoms with Gasteiger partial charge in [0.1, 0.15) is 11.5 Å². The molecule has 2 aromatic carbocycles. The van der Waals surface area contributed by atoms with E-state index in [4.69, 9.17) is 4.74 Å². The van der Waals surface area contributed by atoms with Crippen LogP contribution in [0.5, 0.6) is 17.2 Å². The van der Waals surface area contributed by atoms with Gasteiger partial charge in [-0.1, -0.05) is 44.4 Å². The third kappa shape index (κ3) is 6.99. The minimum absolute atomic E-state index is 0. The predicted octanol–water partition coefficient (Wildman–Crippen LogP) is 0.926. The normalized spacial score (nSPS) is 11.0. The van der Waals surface area contributed by atoms with Gasteiger partial charge in [-0.05, 0) is 36.6 Å². The summed E-state index contributed by atoms with van der Waals surface area (Å²) in [6.07, 6.45) is 5.03. The van der Waals surface area contributed by atoms with E-state index < -0.39 is 10.1 Å². The van der Waals surface area contributed by atoms with Gasteiger partial charge in [-0.2, -0.15) is 8.42 Å². The van der Waals surface area contributed by atoms with Crippen molar-refractivity contribution < 1.29 is 52.4 Å². The van der Waals surface area contributed by atoms with Crippen LogP contribution in [0.4, 0.5) is 0 Å². The van der Waals surface area contributed by atoms with Gasteiger partial charge in [-0.3, -0.25) is 4.55 Å². The van der Waals surface area contributed by atoms with Gasteiger partial charge in [-0.25, -0.2) is 0 Å². The topological polar surface area (TPSA) is 86.7 Å². The Balaban J connectivity index is 0.00000312. The molecule has 7 heteroatoms. The smallest absolute Gasteiger partial charge is 0.872 e. The molecule has 0 unspecified atom stereocenters. The molecule has 0 aliphatic carbocycles. The van der Waals surface area contributed by atoms with Crippen molar-refractivity contribution in [3.63, 3.8) is 0 Å². The maximum atomic E-state index is 11.4. The zero-order valence-electron chi connectivity index (χ0n) is 14.6. The van der Waals surface area contributed by atoms with Gasteiger partial charge in [0.15, 0.2) is 0 Å². The summed E-state index contributed by atoms with van der Waals surface area (Å²) in [6.45, 7) is 2.13. The number of unbranched alkanes of at least 4 members (excludes halogenated alkanes) is 3. The number of ether oxygens (including phenoxy) is 1. The van der Waals surface area contributed by atoms with Crippen LogP contribution in [0.25, 0.3) is 0 Å². The van der Waals surface area contributed by atoms with Crippen LogP contribution in [-0.2, 0) is 16.5 Å². The number of hydrogen-bond donors (Lipinski definition) is 1. The van der Waals surface area contributed by atoms with Crippen molar-refractivity contribution in [1.82, 2.24) is 0 Å². The molecule has 0 bridgehead atoms. The second-order valence-electron chi connectivity index (χ2n) is 5.63. The SMILES string of the molecule is CCCCCCc1ccc(S(=O)(=O)O)cc1Oc1cccc([O-])c1.[Na+]. The van der Waals surface area contributed by atoms with Crippen molar-refractivity contribution in [2.45, 2.75) is 43.9 Å². The molecule has 0 saturated heterocycles. The van der Waals surface area contributed by atoms with E-state index in [9.17, 15) is 18.1 Å². The molecule has 0 atom stereocenters. The second-order valence-corrected chi connectivity index (χ2v) is 7.05. The third-order valence-electron chi connectivity index (χ3n) is 3.67. The number of rotatable bonds is 8. The first-order valence-corrected chi connectivity index (χ1v) is 9.39. The molecular formula is C18H21NaO5S. The molecule has 1 N–H and O–H groups in total. The molecule has 0 heterocycles. The van der Waals surface area contributed by atoms with Crippen molar-refractivity contribution in [2.75, 3.05) is 0 Å². The summed E-state index contributed by atoms with van der Waals surface area (Å²) in [7, 11) is -4.31. The van der Waals surface area contributed by atoms with E-state index in [1.54, 1.807) is 18.2 Å². The van der Waals surface area contributed by atoms with E-state index in [1.807, 2.05) is 0 Å². The molecule has 0 spiro atoms. The molecule has 0 aliphatic heterocycles. The minimum atomic E-state index is -4.31. The molecule has 0 amide bonds. The molecular weight excluding hydrogens is 351 g/mol. The van der Waals surface area contributed by atoms with Crippen LogP contribution < -0.4 is 39.4 Å². The Morgan fingerprint density at radius 1 is 1.08 bits per heavy atom. The van der Waals surface area contributed by atoms with E-state index in [1.165, 1.54) is 24.3 Å². The second kappa shape index (κ2) is 10.2. The minimum Gasteiger partial charge on any atom is -0.872 e. The summed E-state index contributed by atoms with van der Waals surface area (Å²) in [5, 5.41) is 11.4. The zero-order chi connectivity index (χ0) is 17.6. The van der Waals surface area contributed by atoms with E-state index >= 15 is 0 Å². The van der Waals surface area contributed by atoms with Crippen molar-refractivity contribution in [2.24, 2.45) is 0 Å². The molecule has 130 valence electrons. The van der Waals surface area contributed by atoms with Crippen molar-refractivity contribution in [3.8, 4) is 17.2 Å². The van der Waals surface area contributed by atoms with Gasteiger partial charge in [-0.15, -0.1) is 5.75 Å². The first-order valence-electron chi connectivity index (χ1n) is 7.95. The van der Waals surface area contributed by atoms with Crippen molar-refractivity contribution >= 4 is 10.1 Å². The Bertz CT molecular complexity index is 790. The molecule has 0 fully saturated rings. The summed E-state index contributed by atoms with van der Waals surface area (Å²) in [6, 6.07) is 10.2. The first kappa shape index (κ1) is 22.0. The summed E-state index contributed by atoms with van der Waals surface area (Å²) in [5.41, 5.74) is 0.842. The molecule has 2 aromatic rings. The van der Waals surface area contributed by atoms with Gasteiger partial charge in [0.2, 0.25) is 0 Å². The van der Waals surface area contributed by atoms with Crippen LogP contribution in [0, 0.1) is 0 Å². The average Bonchev–Trinajstić information content (AvgIpc) is 2.52. The van der Waals surface area contributed by atoms with Gasteiger partial charge < -0.3 is 9.84 Å². The summed E-state index contributed by atoms with van der Waals surface area (Å²) in [4.78, 5) is -0.229. The third-order valence-corrected chi connectivity index (χ3v) is 4.52. The molecule has 5 nitrogen and oxygen atoms in total. The summed E-state index contributed by atoms with van der Waals surface area (Å²) < 4.78 is 37.6. The maximum absolute atomic E-state index is 11.4. The van der Waals surface area contributed by atoms with Crippen LogP contribution in [0.3, 0.4) is 0 Å². The first-order chi connectivity index (χ1) is 11.4. The Morgan fingerprint density at radius 3 is 2.48 bits per heavy atom. The number of hydrogen-bond acceptors (Lipinski definition) is 4. The van der Waals surface area contributed by atoms with Crippen molar-refractivity contribution in [3.05, 3.63) is 48.0 Å². The Hall–Kier alpha value is -1.05. The fourth-order valence-corrected chi connectivity index (χ4v) is 2.90. The molecule has 0 radical (unpaired) electrons. The summed E-state index contributed by atoms with van der Waals surface area (Å²) >= 11 is 0. The van der Waals surface area contributed by atoms with Crippen molar-refractivity contribution in [1.29, 1.82) is 0 Å². The number of benzene rings is 2. The standard InChI is InChI=1S/C18H22O5S.Na/c1-2-3-4-5-7-14-10-11-17(24(20,21)22)13-18(14)23-16-9-6-8-15(19)12-16;/h6,8-13,19H,2-5,7H2,1H3,(H,20,21,22);/q;+1/p-1. The monoisotopic (exact) mass is 372 g/mol. The quantitative estimate of drug-likeness (QED) is 0.423. The molecule has 0 aromatic heterocycles. The zero-order valence-corrected chi connectivity index (χ0v) is 17.4. The van der Waals surface area contributed by atoms with E-state index in [2.05, 4.69) is 6.92 Å². The number of aryl methyl sites for hydroxylation is 1. The molecule has 2 rings (SSSR count). The Kier molecular flexibility index (Phi) is 8.96. The average molecular weight is 372 g/mol. The van der Waals surface area contributed by atoms with Gasteiger partial charge in [0.25, 0.3) is 10.1 Å². The maximum Gasteiger partial charge on any atom is 1.00 e. The largest absolute Gasteiger partial charge is 1.00 e. The van der Waals surface area contributed by atoms with Crippen LogP contribution in [-0.4, -0.2) is 13.0 Å². The van der Waals surface area contributed by atoms with Crippen LogP contribution in [0.1, 0.15) is 38.2 Å². The van der Waals surface area contributed by atoms with Gasteiger partial charge in [0, 0.05) is 6.07 Å². The Labute approximate surface area is 171 Å². The van der Waals surface area contributed by atoms with Crippen LogP contribution >= 0.6 is 0 Å². The van der Waals surface area contributed by atoms with E-state index in [-0.39, 0.29) is 40.2 Å². The van der Waals surface area contributed by atoms with Gasteiger partial charge in [0.05, 0.1) is 4.90 Å². The fraction of sp³-hybridized carbons (Fsp3) is 0.333. The Morgan fingerprint density at radius 2 is 1.84 bits per heavy atom. The molecule has 25 heavy (non-hydrogen) atoms. The predicted molar refractivity (Wildman–Crippen MR) is 90.1 cm³/mol. The summed E-state index contributed by atoms with van der Waals surface area (Å²) in [5.74, 6) is 0.486. The van der Waals surface area contributed by atoms with Gasteiger partial charge >= 0.3 is 29.6 Å². The fourth-order valence-electron chi connectivity index (χ4n) is 2.40. The molecule has 0 aliphatic rings. The van der Waals surface area contributed by atoms with Crippen LogP contribution in [0.2, 0.25) is 0 Å². The van der Waals surface area contributed by atoms with E-state index in [0.29, 0.717) is 11.5 Å². The van der Waals surface area contributed by atoms with Crippen LogP contribution in [0.15, 0.2) is 47.4 Å².